The molecule has 0 bridgehead atoms. The molecule has 0 atom stereocenters. The van der Waals surface area contributed by atoms with Crippen LogP contribution in [0.25, 0.3) is 0 Å². The zero-order valence-corrected chi connectivity index (χ0v) is 12.1. The molecule has 5 nitrogen and oxygen atoms in total. The predicted octanol–water partition coefficient (Wildman–Crippen LogP) is 2.23. The Balaban J connectivity index is 1.87. The highest BCUT2D eigenvalue weighted by atomic mass is 16.2. The number of aromatic amines is 1. The smallest absolute Gasteiger partial charge is 0.238 e. The fourth-order valence-corrected chi connectivity index (χ4v) is 2.79. The number of nitrogens with zero attached hydrogens (tertiary/aromatic N) is 2. The maximum absolute atomic E-state index is 12.1. The monoisotopic (exact) mass is 264 g/mol. The van der Waals surface area contributed by atoms with Gasteiger partial charge < -0.3 is 5.32 Å². The van der Waals surface area contributed by atoms with Gasteiger partial charge in [0, 0.05) is 6.04 Å². The van der Waals surface area contributed by atoms with Crippen molar-refractivity contribution in [3.63, 3.8) is 0 Å². The summed E-state index contributed by atoms with van der Waals surface area (Å²) in [6.45, 7) is 4.26. The maximum Gasteiger partial charge on any atom is 0.238 e. The Morgan fingerprint density at radius 1 is 1.37 bits per heavy atom. The third kappa shape index (κ3) is 3.56. The molecular weight excluding hydrogens is 240 g/mol. The van der Waals surface area contributed by atoms with Crippen LogP contribution in [0.5, 0.6) is 0 Å². The minimum Gasteiger partial charge on any atom is -0.322 e. The lowest BCUT2D eigenvalue weighted by molar-refractivity contribution is -0.117. The van der Waals surface area contributed by atoms with Gasteiger partial charge in [-0.3, -0.25) is 14.8 Å². The average molecular weight is 264 g/mol. The molecule has 1 aliphatic carbocycles. The molecule has 0 aliphatic heterocycles. The first-order chi connectivity index (χ1) is 9.08. The van der Waals surface area contributed by atoms with Gasteiger partial charge in [0.15, 0.2) is 0 Å². The van der Waals surface area contributed by atoms with Crippen LogP contribution in [0.3, 0.4) is 0 Å². The van der Waals surface area contributed by atoms with Crippen LogP contribution in [0.1, 0.15) is 43.5 Å². The van der Waals surface area contributed by atoms with E-state index in [0.717, 1.165) is 17.1 Å². The van der Waals surface area contributed by atoms with Gasteiger partial charge in [0.25, 0.3) is 0 Å². The molecule has 19 heavy (non-hydrogen) atoms. The SMILES string of the molecule is Cc1n[nH]c(C)c1NC(=O)CN(C)C1CCCCC1. The van der Waals surface area contributed by atoms with Gasteiger partial charge in [-0.15, -0.1) is 0 Å². The van der Waals surface area contributed by atoms with E-state index < -0.39 is 0 Å². The second-order valence-electron chi connectivity index (χ2n) is 5.56. The van der Waals surface area contributed by atoms with Gasteiger partial charge in [0.2, 0.25) is 5.91 Å². The number of aryl methyl sites for hydroxylation is 2. The Morgan fingerprint density at radius 2 is 2.05 bits per heavy atom. The fourth-order valence-electron chi connectivity index (χ4n) is 2.79. The van der Waals surface area contributed by atoms with Crippen LogP contribution < -0.4 is 5.32 Å². The van der Waals surface area contributed by atoms with E-state index >= 15 is 0 Å². The van der Waals surface area contributed by atoms with Crippen LogP contribution in [-0.2, 0) is 4.79 Å². The molecule has 1 aromatic rings. The van der Waals surface area contributed by atoms with Crippen molar-refractivity contribution >= 4 is 11.6 Å². The van der Waals surface area contributed by atoms with E-state index in [1.807, 2.05) is 20.9 Å². The van der Waals surface area contributed by atoms with Crippen LogP contribution in [0.2, 0.25) is 0 Å². The first kappa shape index (κ1) is 14.1. The quantitative estimate of drug-likeness (QED) is 0.876. The topological polar surface area (TPSA) is 61.0 Å². The van der Waals surface area contributed by atoms with Crippen molar-refractivity contribution in [3.05, 3.63) is 11.4 Å². The van der Waals surface area contributed by atoms with Gasteiger partial charge >= 0.3 is 0 Å². The molecule has 0 radical (unpaired) electrons. The molecule has 0 aromatic carbocycles. The van der Waals surface area contributed by atoms with Crippen LogP contribution in [0.4, 0.5) is 5.69 Å². The lowest BCUT2D eigenvalue weighted by atomic mass is 9.94. The number of H-pyrrole nitrogens is 1. The van der Waals surface area contributed by atoms with E-state index in [4.69, 9.17) is 0 Å². The molecule has 1 aromatic heterocycles. The van der Waals surface area contributed by atoms with E-state index in [9.17, 15) is 4.79 Å². The van der Waals surface area contributed by atoms with Crippen molar-refractivity contribution in [2.24, 2.45) is 0 Å². The summed E-state index contributed by atoms with van der Waals surface area (Å²) in [4.78, 5) is 14.3. The molecule has 1 fully saturated rings. The molecule has 0 unspecified atom stereocenters. The summed E-state index contributed by atoms with van der Waals surface area (Å²) in [6.07, 6.45) is 6.35. The van der Waals surface area contributed by atoms with Crippen LogP contribution in [0, 0.1) is 13.8 Å². The summed E-state index contributed by atoms with van der Waals surface area (Å²) in [5.74, 6) is 0.0423. The molecule has 1 heterocycles. The number of hydrogen-bond acceptors (Lipinski definition) is 3. The second kappa shape index (κ2) is 6.19. The highest BCUT2D eigenvalue weighted by Crippen LogP contribution is 2.21. The number of rotatable bonds is 4. The minimum atomic E-state index is 0.0423. The molecular formula is C14H24N4O. The summed E-state index contributed by atoms with van der Waals surface area (Å²) in [7, 11) is 2.05. The molecule has 1 amide bonds. The van der Waals surface area contributed by atoms with Crippen LogP contribution in [0.15, 0.2) is 0 Å². The van der Waals surface area contributed by atoms with Crippen molar-refractivity contribution in [1.82, 2.24) is 15.1 Å². The van der Waals surface area contributed by atoms with Gasteiger partial charge in [-0.1, -0.05) is 19.3 Å². The Bertz CT molecular complexity index is 415. The van der Waals surface area contributed by atoms with E-state index in [2.05, 4.69) is 20.4 Å². The molecule has 1 saturated carbocycles. The third-order valence-corrected chi connectivity index (χ3v) is 3.98. The maximum atomic E-state index is 12.1. The lowest BCUT2D eigenvalue weighted by Gasteiger charge is -2.30. The zero-order chi connectivity index (χ0) is 13.8. The molecule has 5 heteroatoms. The van der Waals surface area contributed by atoms with E-state index in [1.54, 1.807) is 0 Å². The third-order valence-electron chi connectivity index (χ3n) is 3.98. The summed E-state index contributed by atoms with van der Waals surface area (Å²) < 4.78 is 0. The van der Waals surface area contributed by atoms with Crippen molar-refractivity contribution in [2.45, 2.75) is 52.0 Å². The van der Waals surface area contributed by atoms with Crippen molar-refractivity contribution in [3.8, 4) is 0 Å². The van der Waals surface area contributed by atoms with Gasteiger partial charge in [-0.05, 0) is 33.7 Å². The number of nitrogens with one attached hydrogen (secondary N) is 2. The van der Waals surface area contributed by atoms with Gasteiger partial charge in [-0.2, -0.15) is 5.10 Å². The molecule has 1 aliphatic rings. The molecule has 2 rings (SSSR count). The zero-order valence-electron chi connectivity index (χ0n) is 12.1. The molecule has 106 valence electrons. The fraction of sp³-hybridized carbons (Fsp3) is 0.714. The van der Waals surface area contributed by atoms with Crippen molar-refractivity contribution in [2.75, 3.05) is 18.9 Å². The van der Waals surface area contributed by atoms with Crippen LogP contribution >= 0.6 is 0 Å². The first-order valence-electron chi connectivity index (χ1n) is 7.09. The van der Waals surface area contributed by atoms with Gasteiger partial charge in [-0.25, -0.2) is 0 Å². The predicted molar refractivity (Wildman–Crippen MR) is 76.2 cm³/mol. The number of likely N-dealkylation sites (N-methyl/N-ethyl adjacent to an activating group) is 1. The summed E-state index contributed by atoms with van der Waals surface area (Å²) in [5, 5.41) is 9.92. The number of hydrogen-bond donors (Lipinski definition) is 2. The molecule has 0 spiro atoms. The molecule has 2 N–H and O–H groups in total. The van der Waals surface area contributed by atoms with Crippen LogP contribution in [-0.4, -0.2) is 40.6 Å². The van der Waals surface area contributed by atoms with E-state index in [-0.39, 0.29) is 5.91 Å². The number of aromatic nitrogens is 2. The number of carbonyl (C=O) groups excluding carboxylic acids is 1. The Kier molecular flexibility index (Phi) is 4.58. The Hall–Kier alpha value is -1.36. The highest BCUT2D eigenvalue weighted by molar-refractivity contribution is 5.93. The largest absolute Gasteiger partial charge is 0.322 e. The Morgan fingerprint density at radius 3 is 2.63 bits per heavy atom. The second-order valence-corrected chi connectivity index (χ2v) is 5.56. The Labute approximate surface area is 114 Å². The lowest BCUT2D eigenvalue weighted by Crippen LogP contribution is -2.39. The number of anilines is 1. The van der Waals surface area contributed by atoms with E-state index in [0.29, 0.717) is 12.6 Å². The van der Waals surface area contributed by atoms with E-state index in [1.165, 1.54) is 32.1 Å². The minimum absolute atomic E-state index is 0.0423. The van der Waals surface area contributed by atoms with Gasteiger partial charge in [0.05, 0.1) is 23.6 Å². The number of carbonyl (C=O) groups is 1. The number of amides is 1. The van der Waals surface area contributed by atoms with Gasteiger partial charge in [0.1, 0.15) is 0 Å². The summed E-state index contributed by atoms with van der Waals surface area (Å²) >= 11 is 0. The average Bonchev–Trinajstić information content (AvgIpc) is 2.71. The first-order valence-corrected chi connectivity index (χ1v) is 7.09. The normalized spacial score (nSPS) is 16.8. The molecule has 0 saturated heterocycles. The summed E-state index contributed by atoms with van der Waals surface area (Å²) in [5.41, 5.74) is 2.57. The highest BCUT2D eigenvalue weighted by Gasteiger charge is 2.20. The standard InChI is InChI=1S/C14H24N4O/c1-10-14(11(2)17-16-10)15-13(19)9-18(3)12-7-5-4-6-8-12/h12H,4-9H2,1-3H3,(H,15,19)(H,16,17). The van der Waals surface area contributed by atoms with Crippen molar-refractivity contribution < 1.29 is 4.79 Å². The summed E-state index contributed by atoms with van der Waals surface area (Å²) in [6, 6.07) is 0.561. The van der Waals surface area contributed by atoms with Crippen molar-refractivity contribution in [1.29, 1.82) is 0 Å².